The van der Waals surface area contributed by atoms with Crippen LogP contribution < -0.4 is 4.72 Å². The first-order chi connectivity index (χ1) is 9.81. The van der Waals surface area contributed by atoms with Gasteiger partial charge in [0.05, 0.1) is 15.5 Å². The van der Waals surface area contributed by atoms with E-state index in [9.17, 15) is 18.5 Å². The highest BCUT2D eigenvalue weighted by Crippen LogP contribution is 2.28. The highest BCUT2D eigenvalue weighted by molar-refractivity contribution is 7.92. The molecule has 0 aliphatic rings. The van der Waals surface area contributed by atoms with E-state index in [1.54, 1.807) is 6.92 Å². The highest BCUT2D eigenvalue weighted by atomic mass is 35.5. The molecule has 0 spiro atoms. The van der Waals surface area contributed by atoms with Crippen LogP contribution in [0.15, 0.2) is 41.6 Å². The average Bonchev–Trinajstić information content (AvgIpc) is 2.41. The quantitative estimate of drug-likeness (QED) is 0.687. The Hall–Kier alpha value is -2.19. The third-order valence-corrected chi connectivity index (χ3v) is 4.37. The van der Waals surface area contributed by atoms with Crippen molar-refractivity contribution in [2.45, 2.75) is 11.8 Å². The minimum atomic E-state index is -3.95. The van der Waals surface area contributed by atoms with E-state index in [1.807, 2.05) is 0 Å². The van der Waals surface area contributed by atoms with Gasteiger partial charge in [-0.15, -0.1) is 0 Å². The molecule has 0 saturated carbocycles. The zero-order valence-corrected chi connectivity index (χ0v) is 12.4. The fraction of sp³-hybridized carbons (Fsp3) is 0.0833. The van der Waals surface area contributed by atoms with Gasteiger partial charge in [-0.2, -0.15) is 0 Å². The molecule has 1 aromatic heterocycles. The van der Waals surface area contributed by atoms with Crippen molar-refractivity contribution in [1.82, 2.24) is 4.98 Å². The molecule has 21 heavy (non-hydrogen) atoms. The van der Waals surface area contributed by atoms with E-state index in [0.29, 0.717) is 11.3 Å². The smallest absolute Gasteiger partial charge is 0.279 e. The van der Waals surface area contributed by atoms with Gasteiger partial charge in [0.15, 0.2) is 0 Å². The molecule has 0 amide bonds. The number of nitrogens with zero attached hydrogens (tertiary/aromatic N) is 2. The molecule has 7 nitrogen and oxygen atoms in total. The topological polar surface area (TPSA) is 102 Å². The molecule has 9 heteroatoms. The molecule has 0 bridgehead atoms. The summed E-state index contributed by atoms with van der Waals surface area (Å²) < 4.78 is 26.8. The van der Waals surface area contributed by atoms with Crippen LogP contribution in [0.3, 0.4) is 0 Å². The van der Waals surface area contributed by atoms with E-state index in [1.165, 1.54) is 30.6 Å². The van der Waals surface area contributed by atoms with Gasteiger partial charge in [0.2, 0.25) is 0 Å². The average molecular weight is 328 g/mol. The number of hydrogen-bond donors (Lipinski definition) is 1. The summed E-state index contributed by atoms with van der Waals surface area (Å²) in [4.78, 5) is 13.7. The first-order valence-corrected chi connectivity index (χ1v) is 7.55. The van der Waals surface area contributed by atoms with Crippen LogP contribution >= 0.6 is 11.6 Å². The monoisotopic (exact) mass is 327 g/mol. The SMILES string of the molecule is Cc1cnccc1NS(=O)(=O)c1ccc(Cl)c([N+](=O)[O-])c1. The van der Waals surface area contributed by atoms with Gasteiger partial charge in [-0.25, -0.2) is 8.42 Å². The molecule has 0 fully saturated rings. The van der Waals surface area contributed by atoms with E-state index in [4.69, 9.17) is 11.6 Å². The zero-order valence-electron chi connectivity index (χ0n) is 10.8. The molecule has 0 unspecified atom stereocenters. The minimum Gasteiger partial charge on any atom is -0.279 e. The van der Waals surface area contributed by atoms with Crippen LogP contribution in [-0.2, 0) is 10.0 Å². The molecule has 1 N–H and O–H groups in total. The Morgan fingerprint density at radius 1 is 1.33 bits per heavy atom. The Morgan fingerprint density at radius 2 is 2.05 bits per heavy atom. The Balaban J connectivity index is 2.43. The lowest BCUT2D eigenvalue weighted by molar-refractivity contribution is -0.384. The van der Waals surface area contributed by atoms with Crippen molar-refractivity contribution in [3.8, 4) is 0 Å². The van der Waals surface area contributed by atoms with E-state index >= 15 is 0 Å². The largest absolute Gasteiger partial charge is 0.289 e. The van der Waals surface area contributed by atoms with E-state index in [-0.39, 0.29) is 9.92 Å². The van der Waals surface area contributed by atoms with Crippen LogP contribution in [-0.4, -0.2) is 18.3 Å². The van der Waals surface area contributed by atoms with Crippen LogP contribution in [0.2, 0.25) is 5.02 Å². The lowest BCUT2D eigenvalue weighted by Gasteiger charge is -2.10. The van der Waals surface area contributed by atoms with Crippen molar-refractivity contribution in [2.24, 2.45) is 0 Å². The van der Waals surface area contributed by atoms with Crippen molar-refractivity contribution in [3.63, 3.8) is 0 Å². The number of pyridine rings is 1. The lowest BCUT2D eigenvalue weighted by atomic mass is 10.3. The number of anilines is 1. The van der Waals surface area contributed by atoms with Crippen molar-refractivity contribution in [1.29, 1.82) is 0 Å². The third kappa shape index (κ3) is 3.29. The maximum atomic E-state index is 12.2. The fourth-order valence-corrected chi connectivity index (χ4v) is 2.93. The Morgan fingerprint density at radius 3 is 2.67 bits per heavy atom. The van der Waals surface area contributed by atoms with Crippen LogP contribution in [0.5, 0.6) is 0 Å². The van der Waals surface area contributed by atoms with Crippen molar-refractivity contribution < 1.29 is 13.3 Å². The summed E-state index contributed by atoms with van der Waals surface area (Å²) in [5, 5.41) is 10.7. The molecule has 0 saturated heterocycles. The van der Waals surface area contributed by atoms with Crippen molar-refractivity contribution in [3.05, 3.63) is 57.4 Å². The first kappa shape index (κ1) is 15.2. The first-order valence-electron chi connectivity index (χ1n) is 5.68. The predicted molar refractivity (Wildman–Crippen MR) is 77.9 cm³/mol. The number of aryl methyl sites for hydroxylation is 1. The van der Waals surface area contributed by atoms with Gasteiger partial charge in [-0.05, 0) is 30.7 Å². The normalized spacial score (nSPS) is 11.1. The second kappa shape index (κ2) is 5.66. The van der Waals surface area contributed by atoms with Gasteiger partial charge in [0, 0.05) is 18.5 Å². The number of hydrogen-bond acceptors (Lipinski definition) is 5. The van der Waals surface area contributed by atoms with Gasteiger partial charge in [-0.3, -0.25) is 19.8 Å². The second-order valence-corrected chi connectivity index (χ2v) is 6.26. The standard InChI is InChI=1S/C12H10ClN3O4S/c1-8-7-14-5-4-11(8)15-21(19,20)9-2-3-10(13)12(6-9)16(17)18/h2-7H,1H3,(H,14,15). The molecule has 0 aliphatic heterocycles. The highest BCUT2D eigenvalue weighted by Gasteiger charge is 2.21. The summed E-state index contributed by atoms with van der Waals surface area (Å²) in [6.45, 7) is 1.69. The number of nitrogens with one attached hydrogen (secondary N) is 1. The predicted octanol–water partition coefficient (Wildman–Crippen LogP) is 2.75. The van der Waals surface area contributed by atoms with Crippen molar-refractivity contribution in [2.75, 3.05) is 4.72 Å². The molecule has 2 aromatic rings. The number of aromatic nitrogens is 1. The summed E-state index contributed by atoms with van der Waals surface area (Å²) >= 11 is 5.66. The van der Waals surface area contributed by atoms with Gasteiger partial charge in [0.1, 0.15) is 5.02 Å². The number of sulfonamides is 1. The summed E-state index contributed by atoms with van der Waals surface area (Å²) in [6, 6.07) is 4.79. The van der Waals surface area contributed by atoms with Crippen LogP contribution in [0.25, 0.3) is 0 Å². The van der Waals surface area contributed by atoms with Crippen LogP contribution in [0.4, 0.5) is 11.4 Å². The van der Waals surface area contributed by atoms with Crippen molar-refractivity contribution >= 4 is 33.0 Å². The summed E-state index contributed by atoms with van der Waals surface area (Å²) in [5.41, 5.74) is 0.512. The molecule has 1 aromatic carbocycles. The molecule has 0 radical (unpaired) electrons. The Labute approximate surface area is 125 Å². The van der Waals surface area contributed by atoms with E-state index in [0.717, 1.165) is 6.07 Å². The Kier molecular flexibility index (Phi) is 4.10. The molecular formula is C12H10ClN3O4S. The molecule has 0 atom stereocenters. The van der Waals surface area contributed by atoms with Gasteiger partial charge >= 0.3 is 0 Å². The van der Waals surface area contributed by atoms with Crippen LogP contribution in [0.1, 0.15) is 5.56 Å². The second-order valence-electron chi connectivity index (χ2n) is 4.17. The van der Waals surface area contributed by atoms with E-state index < -0.39 is 20.6 Å². The summed E-state index contributed by atoms with van der Waals surface area (Å²) in [6.07, 6.45) is 2.94. The number of nitro groups is 1. The summed E-state index contributed by atoms with van der Waals surface area (Å²) in [5.74, 6) is 0. The zero-order chi connectivity index (χ0) is 15.6. The minimum absolute atomic E-state index is 0.126. The molecule has 110 valence electrons. The lowest BCUT2D eigenvalue weighted by Crippen LogP contribution is -2.14. The maximum Gasteiger partial charge on any atom is 0.289 e. The Bertz CT molecular complexity index is 808. The number of halogens is 1. The molecular weight excluding hydrogens is 318 g/mol. The van der Waals surface area contributed by atoms with Gasteiger partial charge in [-0.1, -0.05) is 11.6 Å². The number of nitro benzene ring substituents is 1. The fourth-order valence-electron chi connectivity index (χ4n) is 1.59. The van der Waals surface area contributed by atoms with Gasteiger partial charge < -0.3 is 0 Å². The molecule has 1 heterocycles. The number of rotatable bonds is 4. The van der Waals surface area contributed by atoms with Crippen LogP contribution in [0, 0.1) is 17.0 Å². The van der Waals surface area contributed by atoms with Gasteiger partial charge in [0.25, 0.3) is 15.7 Å². The summed E-state index contributed by atoms with van der Waals surface area (Å²) in [7, 11) is -3.95. The van der Waals surface area contributed by atoms with E-state index in [2.05, 4.69) is 9.71 Å². The molecule has 2 rings (SSSR count). The molecule has 0 aliphatic carbocycles. The third-order valence-electron chi connectivity index (χ3n) is 2.69. The maximum absolute atomic E-state index is 12.2. The number of benzene rings is 1.